The third kappa shape index (κ3) is 5.40. The van der Waals surface area contributed by atoms with Crippen LogP contribution in [0, 0.1) is 5.82 Å². The summed E-state index contributed by atoms with van der Waals surface area (Å²) in [5.41, 5.74) is 1.83. The van der Waals surface area contributed by atoms with E-state index in [1.54, 1.807) is 43.3 Å². The van der Waals surface area contributed by atoms with Crippen molar-refractivity contribution in [2.45, 2.75) is 23.9 Å². The summed E-state index contributed by atoms with van der Waals surface area (Å²) < 4.78 is 21.7. The molecule has 0 bridgehead atoms. The Hall–Kier alpha value is -3.36. The van der Waals surface area contributed by atoms with Crippen molar-refractivity contribution >= 4 is 35.0 Å². The maximum Gasteiger partial charge on any atom is 0.237 e. The first-order valence-corrected chi connectivity index (χ1v) is 11.7. The molecule has 1 unspecified atom stereocenters. The van der Waals surface area contributed by atoms with Gasteiger partial charge in [-0.25, -0.2) is 4.39 Å². The number of nitrogens with zero attached hydrogens (tertiary/aromatic N) is 3. The number of rotatable bonds is 8. The fourth-order valence-electron chi connectivity index (χ4n) is 3.35. The van der Waals surface area contributed by atoms with Crippen LogP contribution in [0.4, 0.5) is 10.1 Å². The predicted molar refractivity (Wildman–Crippen MR) is 133 cm³/mol. The number of halogens is 2. The molecule has 9 heteroatoms. The molecule has 3 aromatic carbocycles. The van der Waals surface area contributed by atoms with E-state index in [0.29, 0.717) is 39.5 Å². The Morgan fingerprint density at radius 1 is 1.12 bits per heavy atom. The monoisotopic (exact) mass is 496 g/mol. The van der Waals surface area contributed by atoms with E-state index < -0.39 is 5.25 Å². The van der Waals surface area contributed by atoms with Gasteiger partial charge in [0.15, 0.2) is 11.0 Å². The molecule has 34 heavy (non-hydrogen) atoms. The van der Waals surface area contributed by atoms with Crippen LogP contribution >= 0.6 is 23.4 Å². The van der Waals surface area contributed by atoms with Gasteiger partial charge in [-0.3, -0.25) is 9.36 Å². The second kappa shape index (κ2) is 10.7. The lowest BCUT2D eigenvalue weighted by Gasteiger charge is -2.15. The van der Waals surface area contributed by atoms with Gasteiger partial charge >= 0.3 is 0 Å². The molecule has 1 N–H and O–H groups in total. The number of hydrogen-bond donors (Lipinski definition) is 1. The molecule has 0 saturated heterocycles. The summed E-state index contributed by atoms with van der Waals surface area (Å²) in [6, 6.07) is 21.2. The molecular formula is C25H22ClFN4O2S. The zero-order chi connectivity index (χ0) is 24.1. The van der Waals surface area contributed by atoms with Crippen LogP contribution in [0.2, 0.25) is 5.02 Å². The lowest BCUT2D eigenvalue weighted by atomic mass is 10.2. The number of benzene rings is 3. The van der Waals surface area contributed by atoms with Gasteiger partial charge in [-0.05, 0) is 42.8 Å². The number of methoxy groups -OCH3 is 1. The molecule has 1 aromatic heterocycles. The van der Waals surface area contributed by atoms with E-state index >= 15 is 0 Å². The molecule has 1 amide bonds. The van der Waals surface area contributed by atoms with Crippen molar-refractivity contribution in [2.75, 3.05) is 12.4 Å². The quantitative estimate of drug-likeness (QED) is 0.307. The van der Waals surface area contributed by atoms with Crippen LogP contribution in [0.15, 0.2) is 78.0 Å². The molecule has 0 radical (unpaired) electrons. The number of amides is 1. The lowest BCUT2D eigenvalue weighted by Crippen LogP contribution is -2.23. The van der Waals surface area contributed by atoms with Crippen molar-refractivity contribution in [3.63, 3.8) is 0 Å². The summed E-state index contributed by atoms with van der Waals surface area (Å²) in [6.07, 6.45) is 0. The highest BCUT2D eigenvalue weighted by Crippen LogP contribution is 2.31. The Morgan fingerprint density at radius 3 is 2.59 bits per heavy atom. The third-order valence-corrected chi connectivity index (χ3v) is 6.40. The van der Waals surface area contributed by atoms with Gasteiger partial charge in [0, 0.05) is 5.02 Å². The first-order chi connectivity index (χ1) is 16.5. The zero-order valence-electron chi connectivity index (χ0n) is 18.5. The molecule has 1 atom stereocenters. The summed E-state index contributed by atoms with van der Waals surface area (Å²) in [5.74, 6) is 0.254. The van der Waals surface area contributed by atoms with Gasteiger partial charge in [0.25, 0.3) is 0 Å². The Labute approximate surface area is 206 Å². The molecular weight excluding hydrogens is 475 g/mol. The number of anilines is 1. The number of ether oxygens (including phenoxy) is 1. The predicted octanol–water partition coefficient (Wildman–Crippen LogP) is 5.91. The van der Waals surface area contributed by atoms with Crippen LogP contribution in [-0.2, 0) is 11.3 Å². The number of hydrogen-bond acceptors (Lipinski definition) is 5. The van der Waals surface area contributed by atoms with E-state index in [0.717, 1.165) is 5.56 Å². The smallest absolute Gasteiger partial charge is 0.237 e. The van der Waals surface area contributed by atoms with Gasteiger partial charge in [-0.1, -0.05) is 65.8 Å². The van der Waals surface area contributed by atoms with Gasteiger partial charge in [0.2, 0.25) is 5.91 Å². The Kier molecular flexibility index (Phi) is 7.49. The molecule has 0 spiro atoms. The van der Waals surface area contributed by atoms with Crippen molar-refractivity contribution in [1.82, 2.24) is 14.8 Å². The van der Waals surface area contributed by atoms with Gasteiger partial charge in [-0.15, -0.1) is 10.2 Å². The highest BCUT2D eigenvalue weighted by molar-refractivity contribution is 8.00. The van der Waals surface area contributed by atoms with E-state index in [2.05, 4.69) is 15.5 Å². The molecule has 4 aromatic rings. The molecule has 0 saturated carbocycles. The normalized spacial score (nSPS) is 11.8. The van der Waals surface area contributed by atoms with Crippen molar-refractivity contribution < 1.29 is 13.9 Å². The van der Waals surface area contributed by atoms with Crippen molar-refractivity contribution in [3.8, 4) is 17.1 Å². The lowest BCUT2D eigenvalue weighted by molar-refractivity contribution is -0.115. The Balaban J connectivity index is 1.61. The summed E-state index contributed by atoms with van der Waals surface area (Å²) in [6.45, 7) is 2.19. The molecule has 6 nitrogen and oxygen atoms in total. The van der Waals surface area contributed by atoms with Crippen LogP contribution in [0.1, 0.15) is 12.5 Å². The fourth-order valence-corrected chi connectivity index (χ4v) is 4.37. The van der Waals surface area contributed by atoms with Crippen molar-refractivity contribution in [3.05, 3.63) is 89.2 Å². The first-order valence-electron chi connectivity index (χ1n) is 10.5. The van der Waals surface area contributed by atoms with E-state index in [-0.39, 0.29) is 11.7 Å². The number of thioether (sulfide) groups is 1. The van der Waals surface area contributed by atoms with Crippen molar-refractivity contribution in [2.24, 2.45) is 0 Å². The third-order valence-electron chi connectivity index (χ3n) is 5.09. The molecule has 0 fully saturated rings. The minimum absolute atomic E-state index is 0.257. The van der Waals surface area contributed by atoms with Gasteiger partial charge < -0.3 is 10.1 Å². The molecule has 1 heterocycles. The van der Waals surface area contributed by atoms with E-state index in [9.17, 15) is 9.18 Å². The zero-order valence-corrected chi connectivity index (χ0v) is 20.1. The number of carbonyl (C=O) groups is 1. The first kappa shape index (κ1) is 23.8. The average molecular weight is 497 g/mol. The molecule has 174 valence electrons. The second-order valence-electron chi connectivity index (χ2n) is 7.45. The largest absolute Gasteiger partial charge is 0.495 e. The van der Waals surface area contributed by atoms with Crippen molar-refractivity contribution in [1.29, 1.82) is 0 Å². The molecule has 0 aliphatic rings. The minimum atomic E-state index is -0.532. The van der Waals surface area contributed by atoms with Crippen LogP contribution in [-0.4, -0.2) is 33.0 Å². The molecule has 4 rings (SSSR count). The number of aromatic nitrogens is 3. The summed E-state index contributed by atoms with van der Waals surface area (Å²) in [4.78, 5) is 12.9. The van der Waals surface area contributed by atoms with E-state index in [1.807, 2.05) is 34.9 Å². The fraction of sp³-hybridized carbons (Fsp3) is 0.160. The minimum Gasteiger partial charge on any atom is -0.495 e. The summed E-state index contributed by atoms with van der Waals surface area (Å²) in [7, 11) is 1.52. The summed E-state index contributed by atoms with van der Waals surface area (Å²) >= 11 is 7.31. The van der Waals surface area contributed by atoms with Gasteiger partial charge in [0.1, 0.15) is 11.6 Å². The molecule has 0 aliphatic carbocycles. The highest BCUT2D eigenvalue weighted by Gasteiger charge is 2.23. The highest BCUT2D eigenvalue weighted by atomic mass is 35.5. The van der Waals surface area contributed by atoms with E-state index in [4.69, 9.17) is 16.3 Å². The van der Waals surface area contributed by atoms with E-state index in [1.165, 1.54) is 24.9 Å². The van der Waals surface area contributed by atoms with Crippen LogP contribution in [0.3, 0.4) is 0 Å². The number of nitrogens with one attached hydrogen (secondary N) is 1. The number of carbonyl (C=O) groups excluding carboxylic acids is 1. The van der Waals surface area contributed by atoms with Crippen LogP contribution in [0.5, 0.6) is 5.75 Å². The topological polar surface area (TPSA) is 69.0 Å². The van der Waals surface area contributed by atoms with Gasteiger partial charge in [0.05, 0.1) is 30.2 Å². The summed E-state index contributed by atoms with van der Waals surface area (Å²) in [5, 5.41) is 11.9. The Bertz CT molecular complexity index is 1300. The van der Waals surface area contributed by atoms with Gasteiger partial charge in [-0.2, -0.15) is 0 Å². The van der Waals surface area contributed by atoms with Crippen LogP contribution < -0.4 is 10.1 Å². The standard InChI is InChI=1S/C25H22ClFN4O2S/c1-16(24(32)28-21-14-18(26)12-13-22(21)33-2)34-25-30-29-23(19-10-6-7-11-20(19)27)31(25)15-17-8-4-3-5-9-17/h3-14,16H,15H2,1-2H3,(H,28,32). The maximum atomic E-state index is 14.6. The second-order valence-corrected chi connectivity index (χ2v) is 9.20. The Morgan fingerprint density at radius 2 is 1.85 bits per heavy atom. The molecule has 0 aliphatic heterocycles. The maximum absolute atomic E-state index is 14.6. The van der Waals surface area contributed by atoms with Crippen LogP contribution in [0.25, 0.3) is 11.4 Å². The average Bonchev–Trinajstić information content (AvgIpc) is 3.21. The SMILES string of the molecule is COc1ccc(Cl)cc1NC(=O)C(C)Sc1nnc(-c2ccccc2F)n1Cc1ccccc1.